The number of nitrogens with two attached hydrogens (primary N) is 1. The van der Waals surface area contributed by atoms with Crippen LogP contribution in [0.5, 0.6) is 0 Å². The Kier molecular flexibility index (Phi) is 8.98. The van der Waals surface area contributed by atoms with E-state index in [1.54, 1.807) is 16.8 Å². The van der Waals surface area contributed by atoms with Crippen LogP contribution in [-0.4, -0.2) is 34.7 Å². The quantitative estimate of drug-likeness (QED) is 0.413. The average molecular weight is 470 g/mol. The molecule has 0 unspecified atom stereocenters. The number of carbonyl (C=O) groups is 2. The van der Waals surface area contributed by atoms with Gasteiger partial charge in [-0.15, -0.1) is 0 Å². The number of nitrogen functional groups attached to an aromatic ring is 1. The van der Waals surface area contributed by atoms with Crippen molar-refractivity contribution in [3.8, 4) is 17.8 Å². The van der Waals surface area contributed by atoms with Crippen LogP contribution >= 0.6 is 0 Å². The van der Waals surface area contributed by atoms with Gasteiger partial charge < -0.3 is 16.0 Å². The van der Waals surface area contributed by atoms with Gasteiger partial charge in [0.2, 0.25) is 11.8 Å². The highest BCUT2D eigenvalue weighted by Gasteiger charge is 2.18. The second-order valence-electron chi connectivity index (χ2n) is 7.81. The summed E-state index contributed by atoms with van der Waals surface area (Å²) in [6, 6.07) is 22.6. The van der Waals surface area contributed by atoms with E-state index in [0.717, 1.165) is 5.69 Å². The molecule has 0 aliphatic heterocycles. The van der Waals surface area contributed by atoms with Crippen molar-refractivity contribution in [2.75, 3.05) is 23.7 Å². The highest BCUT2D eigenvalue weighted by atomic mass is 16.2. The van der Waals surface area contributed by atoms with Gasteiger partial charge in [0, 0.05) is 31.6 Å². The van der Waals surface area contributed by atoms with E-state index in [1.807, 2.05) is 48.5 Å². The topological polar surface area (TPSA) is 141 Å². The van der Waals surface area contributed by atoms with Crippen LogP contribution in [0.25, 0.3) is 5.69 Å². The minimum Gasteiger partial charge on any atom is -0.382 e. The fourth-order valence-corrected chi connectivity index (χ4v) is 3.64. The first-order valence-corrected chi connectivity index (χ1v) is 11.4. The molecule has 0 aliphatic rings. The summed E-state index contributed by atoms with van der Waals surface area (Å²) in [5.74, 6) is -0.153. The van der Waals surface area contributed by atoms with Gasteiger partial charge in [0.25, 0.3) is 0 Å². The van der Waals surface area contributed by atoms with Gasteiger partial charge in [-0.25, -0.2) is 4.68 Å². The SMILES string of the molecule is N#CCCN(C(=O)CCC(=O)NCCCc1nn(-c2ccccc2)c(N)c1C#N)c1ccccc1. The van der Waals surface area contributed by atoms with Gasteiger partial charge in [-0.05, 0) is 37.1 Å². The third-order valence-corrected chi connectivity index (χ3v) is 5.40. The van der Waals surface area contributed by atoms with Crippen LogP contribution in [0.1, 0.15) is 36.9 Å². The lowest BCUT2D eigenvalue weighted by atomic mass is 10.1. The van der Waals surface area contributed by atoms with E-state index in [1.165, 1.54) is 4.90 Å². The number of nitriles is 2. The van der Waals surface area contributed by atoms with Crippen LogP contribution in [-0.2, 0) is 16.0 Å². The zero-order chi connectivity index (χ0) is 25.0. The summed E-state index contributed by atoms with van der Waals surface area (Å²) < 4.78 is 1.54. The lowest BCUT2D eigenvalue weighted by Gasteiger charge is -2.21. The van der Waals surface area contributed by atoms with Gasteiger partial charge >= 0.3 is 0 Å². The number of hydrogen-bond donors (Lipinski definition) is 2. The van der Waals surface area contributed by atoms with Crippen LogP contribution in [0.15, 0.2) is 60.7 Å². The maximum Gasteiger partial charge on any atom is 0.227 e. The molecule has 0 bridgehead atoms. The Bertz CT molecular complexity index is 1220. The molecular weight excluding hydrogens is 442 g/mol. The Morgan fingerprint density at radius 3 is 2.37 bits per heavy atom. The number of amides is 2. The summed E-state index contributed by atoms with van der Waals surface area (Å²) >= 11 is 0. The van der Waals surface area contributed by atoms with Crippen LogP contribution in [0.3, 0.4) is 0 Å². The fourth-order valence-electron chi connectivity index (χ4n) is 3.64. The molecule has 0 saturated heterocycles. The first kappa shape index (κ1) is 25.0. The number of hydrogen-bond acceptors (Lipinski definition) is 6. The van der Waals surface area contributed by atoms with E-state index in [2.05, 4.69) is 22.6 Å². The summed E-state index contributed by atoms with van der Waals surface area (Å²) in [5, 5.41) is 25.7. The molecule has 0 radical (unpaired) electrons. The smallest absolute Gasteiger partial charge is 0.227 e. The van der Waals surface area contributed by atoms with Gasteiger partial charge in [-0.3, -0.25) is 9.59 Å². The second-order valence-corrected chi connectivity index (χ2v) is 7.81. The first-order chi connectivity index (χ1) is 17.0. The van der Waals surface area contributed by atoms with Crippen molar-refractivity contribution in [1.29, 1.82) is 10.5 Å². The van der Waals surface area contributed by atoms with Crippen molar-refractivity contribution in [3.05, 3.63) is 71.9 Å². The van der Waals surface area contributed by atoms with Crippen LogP contribution in [0, 0.1) is 22.7 Å². The van der Waals surface area contributed by atoms with E-state index >= 15 is 0 Å². The normalized spacial score (nSPS) is 10.2. The van der Waals surface area contributed by atoms with E-state index in [0.29, 0.717) is 36.3 Å². The maximum atomic E-state index is 12.7. The Balaban J connectivity index is 1.48. The predicted molar refractivity (Wildman–Crippen MR) is 132 cm³/mol. The van der Waals surface area contributed by atoms with E-state index in [-0.39, 0.29) is 43.4 Å². The monoisotopic (exact) mass is 469 g/mol. The molecule has 0 saturated carbocycles. The fraction of sp³-hybridized carbons (Fsp3) is 0.269. The van der Waals surface area contributed by atoms with Gasteiger partial charge in [-0.1, -0.05) is 36.4 Å². The molecule has 2 aromatic carbocycles. The summed E-state index contributed by atoms with van der Waals surface area (Å²) in [6.45, 7) is 0.660. The zero-order valence-corrected chi connectivity index (χ0v) is 19.4. The average Bonchev–Trinajstić information content (AvgIpc) is 3.21. The molecule has 0 atom stereocenters. The van der Waals surface area contributed by atoms with Crippen molar-refractivity contribution in [2.45, 2.75) is 32.1 Å². The van der Waals surface area contributed by atoms with E-state index in [4.69, 9.17) is 11.0 Å². The minimum absolute atomic E-state index is 0.0444. The molecule has 0 fully saturated rings. The molecule has 0 spiro atoms. The van der Waals surface area contributed by atoms with Crippen molar-refractivity contribution < 1.29 is 9.59 Å². The molecule has 1 aromatic heterocycles. The molecular formula is C26H27N7O2. The Hall–Kier alpha value is -4.63. The summed E-state index contributed by atoms with van der Waals surface area (Å²) in [4.78, 5) is 26.5. The highest BCUT2D eigenvalue weighted by molar-refractivity contribution is 5.95. The number of nitrogens with one attached hydrogen (secondary N) is 1. The molecule has 9 heteroatoms. The maximum absolute atomic E-state index is 12.7. The standard InChI is InChI=1S/C26H27N7O2/c27-16-8-18-32(20-9-3-1-4-10-20)25(35)15-14-24(34)30-17-7-13-23-22(19-28)26(29)33(31-23)21-11-5-2-6-12-21/h1-6,9-12H,7-8,13-15,17-18,29H2,(H,30,34). The summed E-state index contributed by atoms with van der Waals surface area (Å²) in [6.07, 6.45) is 1.35. The van der Waals surface area contributed by atoms with Gasteiger partial charge in [-0.2, -0.15) is 15.6 Å². The molecule has 9 nitrogen and oxygen atoms in total. The molecule has 178 valence electrons. The zero-order valence-electron chi connectivity index (χ0n) is 19.4. The lowest BCUT2D eigenvalue weighted by molar-refractivity contribution is -0.125. The van der Waals surface area contributed by atoms with Crippen molar-refractivity contribution in [3.63, 3.8) is 0 Å². The molecule has 1 heterocycles. The Morgan fingerprint density at radius 1 is 1.03 bits per heavy atom. The third kappa shape index (κ3) is 6.68. The first-order valence-electron chi connectivity index (χ1n) is 11.4. The van der Waals surface area contributed by atoms with Gasteiger partial charge in [0.15, 0.2) is 0 Å². The molecule has 2 amide bonds. The van der Waals surface area contributed by atoms with Gasteiger partial charge in [0.1, 0.15) is 17.5 Å². The van der Waals surface area contributed by atoms with Crippen LogP contribution in [0.2, 0.25) is 0 Å². The molecule has 3 aromatic rings. The second kappa shape index (κ2) is 12.6. The number of aryl methyl sites for hydroxylation is 1. The molecule has 3 N–H and O–H groups in total. The predicted octanol–water partition coefficient (Wildman–Crippen LogP) is 3.10. The lowest BCUT2D eigenvalue weighted by Crippen LogP contribution is -2.33. The number of rotatable bonds is 11. The molecule has 35 heavy (non-hydrogen) atoms. The third-order valence-electron chi connectivity index (χ3n) is 5.40. The van der Waals surface area contributed by atoms with Crippen molar-refractivity contribution in [2.24, 2.45) is 0 Å². The van der Waals surface area contributed by atoms with Gasteiger partial charge in [0.05, 0.1) is 23.9 Å². The van der Waals surface area contributed by atoms with Crippen LogP contribution in [0.4, 0.5) is 11.5 Å². The number of carbonyl (C=O) groups excluding carboxylic acids is 2. The Morgan fingerprint density at radius 2 is 1.71 bits per heavy atom. The summed E-state index contributed by atoms with van der Waals surface area (Å²) in [7, 11) is 0. The van der Waals surface area contributed by atoms with E-state index in [9.17, 15) is 14.9 Å². The highest BCUT2D eigenvalue weighted by Crippen LogP contribution is 2.21. The largest absolute Gasteiger partial charge is 0.382 e. The number of aromatic nitrogens is 2. The van der Waals surface area contributed by atoms with Crippen molar-refractivity contribution >= 4 is 23.3 Å². The molecule has 3 rings (SSSR count). The summed E-state index contributed by atoms with van der Waals surface area (Å²) in [5.41, 5.74) is 8.51. The number of benzene rings is 2. The van der Waals surface area contributed by atoms with Crippen LogP contribution < -0.4 is 16.0 Å². The number of anilines is 2. The Labute approximate surface area is 204 Å². The van der Waals surface area contributed by atoms with E-state index < -0.39 is 0 Å². The van der Waals surface area contributed by atoms with Crippen molar-refractivity contribution in [1.82, 2.24) is 15.1 Å². The number of para-hydroxylation sites is 2. The minimum atomic E-state index is -0.235. The number of nitrogens with zero attached hydrogens (tertiary/aromatic N) is 5. The molecule has 0 aliphatic carbocycles.